The lowest BCUT2D eigenvalue weighted by Crippen LogP contribution is -2.45. The highest BCUT2D eigenvalue weighted by Gasteiger charge is 2.52. The van der Waals surface area contributed by atoms with Gasteiger partial charge in [-0.25, -0.2) is 0 Å². The summed E-state index contributed by atoms with van der Waals surface area (Å²) in [5.41, 5.74) is -0.201. The number of hydrogen-bond donors (Lipinski definition) is 1. The van der Waals surface area contributed by atoms with E-state index in [-0.39, 0.29) is 11.7 Å². The summed E-state index contributed by atoms with van der Waals surface area (Å²) in [6.07, 6.45) is 7.82. The quantitative estimate of drug-likeness (QED) is 0.837. The SMILES string of the molecule is CCC1NC2(CCCC2)C(=O)N1C(C)CSC. The average Bonchev–Trinajstić information content (AvgIpc) is 2.87. The second-order valence-electron chi connectivity index (χ2n) is 5.37. The van der Waals surface area contributed by atoms with E-state index in [4.69, 9.17) is 0 Å². The molecule has 4 heteroatoms. The number of hydrogen-bond acceptors (Lipinski definition) is 3. The first kappa shape index (κ1) is 13.2. The van der Waals surface area contributed by atoms with Crippen molar-refractivity contribution >= 4 is 17.7 Å². The van der Waals surface area contributed by atoms with Crippen LogP contribution in [-0.2, 0) is 4.79 Å². The van der Waals surface area contributed by atoms with Crippen molar-refractivity contribution in [3.63, 3.8) is 0 Å². The van der Waals surface area contributed by atoms with Crippen LogP contribution in [0.3, 0.4) is 0 Å². The molecule has 0 aromatic rings. The molecule has 0 bridgehead atoms. The van der Waals surface area contributed by atoms with E-state index < -0.39 is 0 Å². The zero-order valence-corrected chi connectivity index (χ0v) is 12.0. The third kappa shape index (κ3) is 2.22. The van der Waals surface area contributed by atoms with Crippen LogP contribution in [0, 0.1) is 0 Å². The Morgan fingerprint density at radius 2 is 2.18 bits per heavy atom. The Bertz CT molecular complexity index is 289. The maximum absolute atomic E-state index is 12.7. The van der Waals surface area contributed by atoms with E-state index in [1.54, 1.807) is 0 Å². The summed E-state index contributed by atoms with van der Waals surface area (Å²) < 4.78 is 0. The van der Waals surface area contributed by atoms with Crippen LogP contribution in [0.15, 0.2) is 0 Å². The molecule has 1 saturated carbocycles. The predicted octanol–water partition coefficient (Wildman–Crippen LogP) is 2.22. The Morgan fingerprint density at radius 1 is 1.53 bits per heavy atom. The van der Waals surface area contributed by atoms with Crippen LogP contribution in [0.1, 0.15) is 46.0 Å². The van der Waals surface area contributed by atoms with E-state index in [9.17, 15) is 4.79 Å². The van der Waals surface area contributed by atoms with Crippen molar-refractivity contribution in [3.05, 3.63) is 0 Å². The van der Waals surface area contributed by atoms with Gasteiger partial charge in [0.25, 0.3) is 0 Å². The fourth-order valence-corrected chi connectivity index (χ4v) is 3.95. The van der Waals surface area contributed by atoms with Gasteiger partial charge in [0, 0.05) is 11.8 Å². The molecule has 0 radical (unpaired) electrons. The van der Waals surface area contributed by atoms with Gasteiger partial charge in [-0.15, -0.1) is 0 Å². The lowest BCUT2D eigenvalue weighted by molar-refractivity contribution is -0.134. The molecule has 0 aromatic carbocycles. The number of thioether (sulfide) groups is 1. The van der Waals surface area contributed by atoms with Gasteiger partial charge in [0.1, 0.15) is 0 Å². The lowest BCUT2D eigenvalue weighted by Gasteiger charge is -2.29. The Hall–Kier alpha value is -0.220. The van der Waals surface area contributed by atoms with Gasteiger partial charge in [0.05, 0.1) is 11.7 Å². The van der Waals surface area contributed by atoms with Gasteiger partial charge in [-0.2, -0.15) is 11.8 Å². The summed E-state index contributed by atoms with van der Waals surface area (Å²) in [7, 11) is 0. The Morgan fingerprint density at radius 3 is 2.71 bits per heavy atom. The molecule has 2 aliphatic rings. The van der Waals surface area contributed by atoms with Crippen LogP contribution < -0.4 is 5.32 Å². The van der Waals surface area contributed by atoms with Gasteiger partial charge in [0.2, 0.25) is 5.91 Å². The molecule has 0 aromatic heterocycles. The van der Waals surface area contributed by atoms with Gasteiger partial charge in [0.15, 0.2) is 0 Å². The molecule has 2 rings (SSSR count). The van der Waals surface area contributed by atoms with Crippen molar-refractivity contribution in [1.82, 2.24) is 10.2 Å². The van der Waals surface area contributed by atoms with E-state index in [1.807, 2.05) is 11.8 Å². The molecule has 1 N–H and O–H groups in total. The minimum Gasteiger partial charge on any atom is -0.322 e. The van der Waals surface area contributed by atoms with Crippen LogP contribution in [0.2, 0.25) is 0 Å². The molecule has 2 fully saturated rings. The van der Waals surface area contributed by atoms with Crippen molar-refractivity contribution in [2.24, 2.45) is 0 Å². The van der Waals surface area contributed by atoms with Crippen LogP contribution in [0.4, 0.5) is 0 Å². The smallest absolute Gasteiger partial charge is 0.244 e. The van der Waals surface area contributed by atoms with E-state index in [1.165, 1.54) is 12.8 Å². The van der Waals surface area contributed by atoms with E-state index in [0.717, 1.165) is 25.0 Å². The van der Waals surface area contributed by atoms with Crippen molar-refractivity contribution in [1.29, 1.82) is 0 Å². The molecule has 2 atom stereocenters. The summed E-state index contributed by atoms with van der Waals surface area (Å²) in [5.74, 6) is 1.39. The first-order valence-corrected chi connectivity index (χ1v) is 8.13. The molecule has 1 amide bonds. The summed E-state index contributed by atoms with van der Waals surface area (Å²) in [6.45, 7) is 4.34. The Kier molecular flexibility index (Phi) is 4.03. The van der Waals surface area contributed by atoms with Gasteiger partial charge in [-0.3, -0.25) is 10.1 Å². The molecule has 98 valence electrons. The fraction of sp³-hybridized carbons (Fsp3) is 0.923. The summed E-state index contributed by atoms with van der Waals surface area (Å²) in [6, 6.07) is 0.343. The summed E-state index contributed by atoms with van der Waals surface area (Å²) in [4.78, 5) is 14.8. The van der Waals surface area contributed by atoms with Crippen LogP contribution >= 0.6 is 11.8 Å². The maximum Gasteiger partial charge on any atom is 0.244 e. The number of nitrogens with zero attached hydrogens (tertiary/aromatic N) is 1. The number of carbonyl (C=O) groups is 1. The largest absolute Gasteiger partial charge is 0.322 e. The number of rotatable bonds is 4. The zero-order valence-electron chi connectivity index (χ0n) is 11.2. The van der Waals surface area contributed by atoms with Crippen molar-refractivity contribution in [2.75, 3.05) is 12.0 Å². The molecule has 1 heterocycles. The van der Waals surface area contributed by atoms with E-state index >= 15 is 0 Å². The third-order valence-corrected chi connectivity index (χ3v) is 4.96. The molecule has 17 heavy (non-hydrogen) atoms. The van der Waals surface area contributed by atoms with Gasteiger partial charge >= 0.3 is 0 Å². The van der Waals surface area contributed by atoms with Crippen LogP contribution in [0.5, 0.6) is 0 Å². The second kappa shape index (κ2) is 5.19. The zero-order chi connectivity index (χ0) is 12.5. The van der Waals surface area contributed by atoms with Crippen molar-refractivity contribution in [3.8, 4) is 0 Å². The van der Waals surface area contributed by atoms with Crippen molar-refractivity contribution in [2.45, 2.75) is 63.7 Å². The Labute approximate surface area is 109 Å². The summed E-state index contributed by atoms with van der Waals surface area (Å²) in [5, 5.41) is 3.62. The lowest BCUT2D eigenvalue weighted by atomic mass is 9.98. The minimum atomic E-state index is -0.201. The minimum absolute atomic E-state index is 0.201. The fourth-order valence-electron chi connectivity index (χ4n) is 3.30. The molecule has 3 nitrogen and oxygen atoms in total. The molecule has 2 unspecified atom stereocenters. The number of nitrogens with one attached hydrogen (secondary N) is 1. The highest BCUT2D eigenvalue weighted by Crippen LogP contribution is 2.37. The third-order valence-electron chi connectivity index (χ3n) is 4.15. The van der Waals surface area contributed by atoms with Crippen LogP contribution in [-0.4, -0.2) is 40.6 Å². The standard InChI is InChI=1S/C13H24N2OS/c1-4-11-14-13(7-5-6-8-13)12(16)15(11)10(2)9-17-3/h10-11,14H,4-9H2,1-3H3. The van der Waals surface area contributed by atoms with Crippen molar-refractivity contribution < 1.29 is 4.79 Å². The maximum atomic E-state index is 12.7. The summed E-state index contributed by atoms with van der Waals surface area (Å²) >= 11 is 1.82. The predicted molar refractivity (Wildman–Crippen MR) is 73.1 cm³/mol. The molecular weight excluding hydrogens is 232 g/mol. The number of amides is 1. The number of carbonyl (C=O) groups excluding carboxylic acids is 1. The monoisotopic (exact) mass is 256 g/mol. The first-order chi connectivity index (χ1) is 8.14. The molecular formula is C13H24N2OS. The van der Waals surface area contributed by atoms with Gasteiger partial charge < -0.3 is 4.90 Å². The second-order valence-corrected chi connectivity index (χ2v) is 6.29. The van der Waals surface area contributed by atoms with Gasteiger partial charge in [-0.1, -0.05) is 19.8 Å². The topological polar surface area (TPSA) is 32.3 Å². The average molecular weight is 256 g/mol. The molecule has 1 aliphatic heterocycles. The van der Waals surface area contributed by atoms with Gasteiger partial charge in [-0.05, 0) is 32.4 Å². The highest BCUT2D eigenvalue weighted by molar-refractivity contribution is 7.98. The molecule has 1 aliphatic carbocycles. The van der Waals surface area contributed by atoms with E-state index in [2.05, 4.69) is 30.3 Å². The van der Waals surface area contributed by atoms with Crippen LogP contribution in [0.25, 0.3) is 0 Å². The van der Waals surface area contributed by atoms with E-state index in [0.29, 0.717) is 11.9 Å². The highest BCUT2D eigenvalue weighted by atomic mass is 32.2. The molecule has 1 saturated heterocycles. The Balaban J connectivity index is 2.16. The first-order valence-electron chi connectivity index (χ1n) is 6.74. The normalized spacial score (nSPS) is 29.2. The molecule has 1 spiro atoms.